The number of alkyl halides is 3. The predicted octanol–water partition coefficient (Wildman–Crippen LogP) is 5.55. The maximum absolute atomic E-state index is 13.7. The quantitative estimate of drug-likeness (QED) is 0.417. The summed E-state index contributed by atoms with van der Waals surface area (Å²) >= 11 is 3.40. The number of fused-ring (bicyclic) bond motifs is 1. The van der Waals surface area contributed by atoms with Crippen LogP contribution in [0.4, 0.5) is 13.2 Å². The molecule has 0 amide bonds. The van der Waals surface area contributed by atoms with Crippen molar-refractivity contribution < 1.29 is 13.2 Å². The number of halogens is 4. The van der Waals surface area contributed by atoms with E-state index in [4.69, 9.17) is 0 Å². The van der Waals surface area contributed by atoms with Gasteiger partial charge in [-0.2, -0.15) is 18.3 Å². The number of benzene rings is 1. The Bertz CT molecular complexity index is 1140. The number of pyridine rings is 1. The molecule has 4 aromatic rings. The van der Waals surface area contributed by atoms with E-state index in [2.05, 4.69) is 31.0 Å². The lowest BCUT2D eigenvalue weighted by molar-refractivity contribution is -0.142. The van der Waals surface area contributed by atoms with E-state index in [0.29, 0.717) is 16.8 Å². The molecular weight excluding hydrogens is 421 g/mol. The first-order chi connectivity index (χ1) is 12.8. The van der Waals surface area contributed by atoms with Gasteiger partial charge in [0.1, 0.15) is 0 Å². The van der Waals surface area contributed by atoms with Crippen LogP contribution in [0.25, 0.3) is 28.0 Å². The highest BCUT2D eigenvalue weighted by Gasteiger charge is 2.36. The molecule has 0 aliphatic rings. The number of aryl methyl sites for hydroxylation is 1. The summed E-state index contributed by atoms with van der Waals surface area (Å²) < 4.78 is 42.8. The highest BCUT2D eigenvalue weighted by Crippen LogP contribution is 2.36. The van der Waals surface area contributed by atoms with E-state index in [0.717, 1.165) is 20.6 Å². The molecule has 0 spiro atoms. The highest BCUT2D eigenvalue weighted by molar-refractivity contribution is 9.10. The summed E-state index contributed by atoms with van der Waals surface area (Å²) in [5, 5.41) is 4.13. The Morgan fingerprint density at radius 3 is 2.41 bits per heavy atom. The van der Waals surface area contributed by atoms with Crippen LogP contribution in [0, 0.1) is 6.92 Å². The van der Waals surface area contributed by atoms with Crippen molar-refractivity contribution >= 4 is 21.6 Å². The van der Waals surface area contributed by atoms with E-state index in [-0.39, 0.29) is 11.3 Å². The van der Waals surface area contributed by atoms with Crippen molar-refractivity contribution in [3.63, 3.8) is 0 Å². The first-order valence-corrected chi connectivity index (χ1v) is 8.78. The largest absolute Gasteiger partial charge is 0.433 e. The second-order valence-electron chi connectivity index (χ2n) is 5.97. The van der Waals surface area contributed by atoms with Gasteiger partial charge in [0.2, 0.25) is 0 Å². The van der Waals surface area contributed by atoms with Gasteiger partial charge < -0.3 is 0 Å². The summed E-state index contributed by atoms with van der Waals surface area (Å²) in [6.45, 7) is 1.68. The van der Waals surface area contributed by atoms with Crippen molar-refractivity contribution in [3.8, 4) is 22.4 Å². The molecule has 27 heavy (non-hydrogen) atoms. The minimum atomic E-state index is -4.57. The van der Waals surface area contributed by atoms with Gasteiger partial charge in [-0.1, -0.05) is 28.1 Å². The van der Waals surface area contributed by atoms with E-state index >= 15 is 0 Å². The Morgan fingerprint density at radius 2 is 1.74 bits per heavy atom. The Balaban J connectivity index is 2.08. The lowest BCUT2D eigenvalue weighted by Crippen LogP contribution is -2.13. The van der Waals surface area contributed by atoms with Crippen molar-refractivity contribution in [2.45, 2.75) is 13.1 Å². The molecule has 0 saturated carbocycles. The number of rotatable bonds is 2. The molecule has 3 heterocycles. The number of aromatic nitrogens is 4. The van der Waals surface area contributed by atoms with Gasteiger partial charge >= 0.3 is 6.18 Å². The Labute approximate surface area is 160 Å². The molecule has 0 aliphatic heterocycles. The lowest BCUT2D eigenvalue weighted by Gasteiger charge is -2.11. The standard InChI is InChI=1S/C19H12BrF3N4/c1-11-17(13-3-2-4-14(20)9-13)18-25-15(12-5-7-24-8-6-12)10-16(19(21,22)23)27(18)26-11/h2-10H,1H3. The predicted molar refractivity (Wildman–Crippen MR) is 99.1 cm³/mol. The van der Waals surface area contributed by atoms with Crippen LogP contribution in [0.15, 0.2) is 59.3 Å². The van der Waals surface area contributed by atoms with Gasteiger partial charge in [-0.15, -0.1) is 0 Å². The monoisotopic (exact) mass is 432 g/mol. The average Bonchev–Trinajstić information content (AvgIpc) is 2.96. The van der Waals surface area contributed by atoms with E-state index < -0.39 is 11.9 Å². The zero-order valence-corrected chi connectivity index (χ0v) is 15.6. The molecule has 8 heteroatoms. The molecule has 4 nitrogen and oxygen atoms in total. The van der Waals surface area contributed by atoms with Gasteiger partial charge in [0, 0.05) is 28.0 Å². The maximum atomic E-state index is 13.7. The third kappa shape index (κ3) is 3.21. The van der Waals surface area contributed by atoms with Crippen molar-refractivity contribution in [1.82, 2.24) is 19.6 Å². The number of hydrogen-bond acceptors (Lipinski definition) is 3. The highest BCUT2D eigenvalue weighted by atomic mass is 79.9. The molecule has 1 aromatic carbocycles. The molecule has 4 rings (SSSR count). The lowest BCUT2D eigenvalue weighted by atomic mass is 10.1. The van der Waals surface area contributed by atoms with E-state index in [1.165, 1.54) is 12.4 Å². The third-order valence-electron chi connectivity index (χ3n) is 4.14. The minimum absolute atomic E-state index is 0.159. The molecule has 0 bridgehead atoms. The van der Waals surface area contributed by atoms with E-state index in [1.807, 2.05) is 24.3 Å². The second kappa shape index (κ2) is 6.45. The van der Waals surface area contributed by atoms with Crippen LogP contribution >= 0.6 is 15.9 Å². The van der Waals surface area contributed by atoms with Crippen LogP contribution in [0.2, 0.25) is 0 Å². The summed E-state index contributed by atoms with van der Waals surface area (Å²) in [7, 11) is 0. The fraction of sp³-hybridized carbons (Fsp3) is 0.105. The first kappa shape index (κ1) is 17.7. The SMILES string of the molecule is Cc1nn2c(C(F)(F)F)cc(-c3ccncc3)nc2c1-c1cccc(Br)c1. The molecule has 0 fully saturated rings. The molecule has 0 unspecified atom stereocenters. The molecule has 3 aromatic heterocycles. The van der Waals surface area contributed by atoms with Gasteiger partial charge in [0.25, 0.3) is 0 Å². The fourth-order valence-electron chi connectivity index (χ4n) is 2.98. The summed E-state index contributed by atoms with van der Waals surface area (Å²) in [5.41, 5.74) is 1.83. The molecule has 0 atom stereocenters. The average molecular weight is 433 g/mol. The molecule has 0 N–H and O–H groups in total. The van der Waals surface area contributed by atoms with Gasteiger partial charge in [-0.3, -0.25) is 4.98 Å². The first-order valence-electron chi connectivity index (χ1n) is 7.98. The van der Waals surface area contributed by atoms with Crippen LogP contribution in [-0.2, 0) is 6.18 Å². The third-order valence-corrected chi connectivity index (χ3v) is 4.64. The van der Waals surface area contributed by atoms with Crippen molar-refractivity contribution in [3.05, 3.63) is 70.7 Å². The molecule has 0 saturated heterocycles. The molecular formula is C19H12BrF3N4. The molecule has 0 radical (unpaired) electrons. The van der Waals surface area contributed by atoms with Crippen LogP contribution in [0.1, 0.15) is 11.4 Å². The minimum Gasteiger partial charge on any atom is -0.265 e. The smallest absolute Gasteiger partial charge is 0.265 e. The Kier molecular flexibility index (Phi) is 4.22. The topological polar surface area (TPSA) is 43.1 Å². The number of nitrogens with zero attached hydrogens (tertiary/aromatic N) is 4. The Hall–Kier alpha value is -2.74. The summed E-state index contributed by atoms with van der Waals surface area (Å²) in [5.74, 6) is 0. The van der Waals surface area contributed by atoms with Crippen LogP contribution in [-0.4, -0.2) is 19.6 Å². The summed E-state index contributed by atoms with van der Waals surface area (Å²) in [6.07, 6.45) is -1.54. The summed E-state index contributed by atoms with van der Waals surface area (Å²) in [6, 6.07) is 11.6. The molecule has 0 aliphatic carbocycles. The van der Waals surface area contributed by atoms with Gasteiger partial charge in [-0.25, -0.2) is 9.50 Å². The van der Waals surface area contributed by atoms with E-state index in [1.54, 1.807) is 19.1 Å². The Morgan fingerprint density at radius 1 is 1.00 bits per heavy atom. The number of hydrogen-bond donors (Lipinski definition) is 0. The van der Waals surface area contributed by atoms with E-state index in [9.17, 15) is 13.2 Å². The van der Waals surface area contributed by atoms with Gasteiger partial charge in [-0.05, 0) is 42.8 Å². The van der Waals surface area contributed by atoms with Gasteiger partial charge in [0.05, 0.1) is 11.4 Å². The summed E-state index contributed by atoms with van der Waals surface area (Å²) in [4.78, 5) is 8.41. The molecule has 136 valence electrons. The van der Waals surface area contributed by atoms with Crippen molar-refractivity contribution in [2.24, 2.45) is 0 Å². The zero-order valence-electron chi connectivity index (χ0n) is 14.0. The second-order valence-corrected chi connectivity index (χ2v) is 6.88. The van der Waals surface area contributed by atoms with Gasteiger partial charge in [0.15, 0.2) is 11.3 Å². The maximum Gasteiger partial charge on any atom is 0.433 e. The van der Waals surface area contributed by atoms with Crippen molar-refractivity contribution in [2.75, 3.05) is 0 Å². The van der Waals surface area contributed by atoms with Crippen molar-refractivity contribution in [1.29, 1.82) is 0 Å². The van der Waals surface area contributed by atoms with Crippen LogP contribution in [0.5, 0.6) is 0 Å². The normalized spacial score (nSPS) is 11.9. The van der Waals surface area contributed by atoms with Crippen LogP contribution in [0.3, 0.4) is 0 Å². The fourth-order valence-corrected chi connectivity index (χ4v) is 3.38. The zero-order chi connectivity index (χ0) is 19.2. The van der Waals surface area contributed by atoms with Crippen LogP contribution < -0.4 is 0 Å².